The maximum atomic E-state index is 2.53. The predicted molar refractivity (Wildman–Crippen MR) is 100 cm³/mol. The van der Waals surface area contributed by atoms with Crippen LogP contribution in [-0.4, -0.2) is 0 Å². The van der Waals surface area contributed by atoms with Crippen LogP contribution in [0.15, 0.2) is 18.2 Å². The summed E-state index contributed by atoms with van der Waals surface area (Å²) in [4.78, 5) is 0. The molecule has 2 aromatic rings. The lowest BCUT2D eigenvalue weighted by Crippen LogP contribution is -2.31. The van der Waals surface area contributed by atoms with Crippen molar-refractivity contribution in [1.82, 2.24) is 0 Å². The summed E-state index contributed by atoms with van der Waals surface area (Å²) in [6, 6.07) is 7.25. The van der Waals surface area contributed by atoms with Crippen LogP contribution < -0.4 is 0 Å². The van der Waals surface area contributed by atoms with Gasteiger partial charge in [0.25, 0.3) is 0 Å². The van der Waals surface area contributed by atoms with Gasteiger partial charge in [0, 0.05) is 0 Å². The normalized spacial score (nSPS) is 26.9. The summed E-state index contributed by atoms with van der Waals surface area (Å²) in [7, 11) is 0. The molecule has 2 aliphatic rings. The number of hydrogen-bond donors (Lipinski definition) is 0. The van der Waals surface area contributed by atoms with Crippen molar-refractivity contribution in [2.75, 3.05) is 0 Å². The third kappa shape index (κ3) is 2.25. The molecule has 3 atom stereocenters. The van der Waals surface area contributed by atoms with Crippen LogP contribution in [0.4, 0.5) is 0 Å². The molecule has 0 saturated heterocycles. The van der Waals surface area contributed by atoms with Gasteiger partial charge < -0.3 is 0 Å². The van der Waals surface area contributed by atoms with Gasteiger partial charge >= 0.3 is 0 Å². The fourth-order valence-corrected chi connectivity index (χ4v) is 5.87. The van der Waals surface area contributed by atoms with Crippen LogP contribution >= 0.6 is 0 Å². The molecule has 0 heteroatoms. The molecule has 0 spiro atoms. The minimum Gasteiger partial charge on any atom is -0.0613 e. The highest BCUT2D eigenvalue weighted by Crippen LogP contribution is 2.49. The summed E-state index contributed by atoms with van der Waals surface area (Å²) in [5.74, 6) is 2.62. The van der Waals surface area contributed by atoms with Crippen molar-refractivity contribution < 1.29 is 0 Å². The van der Waals surface area contributed by atoms with Gasteiger partial charge in [-0.3, -0.25) is 0 Å². The van der Waals surface area contributed by atoms with Crippen LogP contribution in [0.1, 0.15) is 73.3 Å². The molecule has 0 N–H and O–H groups in total. The molecule has 0 nitrogen and oxygen atoms in total. The van der Waals surface area contributed by atoms with E-state index in [1.807, 2.05) is 0 Å². The average Bonchev–Trinajstić information content (AvgIpc) is 2.55. The van der Waals surface area contributed by atoms with Crippen LogP contribution in [-0.2, 0) is 12.8 Å². The minimum absolute atomic E-state index is 0.748. The Balaban J connectivity index is 1.94. The summed E-state index contributed by atoms with van der Waals surface area (Å²) in [5, 5.41) is 3.02. The molecule has 0 amide bonds. The van der Waals surface area contributed by atoms with Crippen molar-refractivity contribution in [2.24, 2.45) is 11.8 Å². The zero-order valence-electron chi connectivity index (χ0n) is 15.2. The van der Waals surface area contributed by atoms with Gasteiger partial charge in [-0.15, -0.1) is 0 Å². The van der Waals surface area contributed by atoms with Gasteiger partial charge in [0.2, 0.25) is 0 Å². The molecule has 0 radical (unpaired) electrons. The first-order valence-electron chi connectivity index (χ1n) is 9.66. The Hall–Kier alpha value is -1.30. The predicted octanol–water partition coefficient (Wildman–Crippen LogP) is 6.49. The monoisotopic (exact) mass is 306 g/mol. The summed E-state index contributed by atoms with van der Waals surface area (Å²) >= 11 is 0. The van der Waals surface area contributed by atoms with E-state index in [2.05, 4.69) is 45.9 Å². The fraction of sp³-hybridized carbons (Fsp3) is 0.565. The molecule has 122 valence electrons. The van der Waals surface area contributed by atoms with E-state index < -0.39 is 0 Å². The molecule has 2 aromatic carbocycles. The van der Waals surface area contributed by atoms with E-state index in [9.17, 15) is 0 Å². The lowest BCUT2D eigenvalue weighted by atomic mass is 9.63. The Bertz CT molecular complexity index is 752. The van der Waals surface area contributed by atoms with Crippen molar-refractivity contribution in [3.05, 3.63) is 46.0 Å². The maximum Gasteiger partial charge on any atom is -0.0120 e. The molecule has 0 bridgehead atoms. The summed E-state index contributed by atoms with van der Waals surface area (Å²) < 4.78 is 0. The van der Waals surface area contributed by atoms with Crippen molar-refractivity contribution in [3.8, 4) is 0 Å². The SMILES string of the molecule is CCc1ccc2cc3c(c(C)c2c1C)C(C)[C@@H]1CCCC[C@@H]1C3. The Kier molecular flexibility index (Phi) is 3.75. The van der Waals surface area contributed by atoms with Crippen LogP contribution in [0.25, 0.3) is 10.8 Å². The van der Waals surface area contributed by atoms with E-state index in [0.717, 1.165) is 24.2 Å². The van der Waals surface area contributed by atoms with Gasteiger partial charge in [0.1, 0.15) is 0 Å². The zero-order chi connectivity index (χ0) is 16.1. The highest BCUT2D eigenvalue weighted by molar-refractivity contribution is 5.91. The summed E-state index contributed by atoms with van der Waals surface area (Å²) in [6.45, 7) is 9.51. The molecular weight excluding hydrogens is 276 g/mol. The Morgan fingerprint density at radius 1 is 1.04 bits per heavy atom. The fourth-order valence-electron chi connectivity index (χ4n) is 5.87. The first kappa shape index (κ1) is 15.2. The van der Waals surface area contributed by atoms with E-state index in [1.54, 1.807) is 22.1 Å². The molecule has 1 fully saturated rings. The smallest absolute Gasteiger partial charge is 0.0120 e. The van der Waals surface area contributed by atoms with E-state index >= 15 is 0 Å². The third-order valence-electron chi connectivity index (χ3n) is 6.99. The van der Waals surface area contributed by atoms with E-state index in [1.165, 1.54) is 48.6 Å². The van der Waals surface area contributed by atoms with Gasteiger partial charge in [-0.25, -0.2) is 0 Å². The molecule has 1 saturated carbocycles. The first-order valence-corrected chi connectivity index (χ1v) is 9.66. The highest BCUT2D eigenvalue weighted by atomic mass is 14.4. The van der Waals surface area contributed by atoms with Crippen LogP contribution in [0.5, 0.6) is 0 Å². The number of rotatable bonds is 1. The topological polar surface area (TPSA) is 0 Å². The van der Waals surface area contributed by atoms with Gasteiger partial charge in [-0.1, -0.05) is 44.9 Å². The van der Waals surface area contributed by atoms with Gasteiger partial charge in [-0.05, 0) is 95.9 Å². The summed E-state index contributed by atoms with van der Waals surface area (Å²) in [5.41, 5.74) is 7.98. The lowest BCUT2D eigenvalue weighted by molar-refractivity contribution is 0.191. The molecule has 0 aromatic heterocycles. The minimum atomic E-state index is 0.748. The molecule has 1 unspecified atom stereocenters. The van der Waals surface area contributed by atoms with Gasteiger partial charge in [-0.2, -0.15) is 0 Å². The molecular formula is C23H30. The molecule has 2 aliphatic carbocycles. The average molecular weight is 306 g/mol. The number of aryl methyl sites for hydroxylation is 3. The Labute approximate surface area is 141 Å². The number of benzene rings is 2. The maximum absolute atomic E-state index is 2.53. The van der Waals surface area contributed by atoms with Crippen molar-refractivity contribution in [1.29, 1.82) is 0 Å². The van der Waals surface area contributed by atoms with Gasteiger partial charge in [0.05, 0.1) is 0 Å². The van der Waals surface area contributed by atoms with E-state index in [-0.39, 0.29) is 0 Å². The van der Waals surface area contributed by atoms with Crippen LogP contribution in [0.3, 0.4) is 0 Å². The van der Waals surface area contributed by atoms with E-state index in [0.29, 0.717) is 0 Å². The van der Waals surface area contributed by atoms with Crippen molar-refractivity contribution in [2.45, 2.75) is 72.1 Å². The second-order valence-electron chi connectivity index (χ2n) is 8.08. The van der Waals surface area contributed by atoms with Crippen molar-refractivity contribution >= 4 is 10.8 Å². The van der Waals surface area contributed by atoms with Gasteiger partial charge in [0.15, 0.2) is 0 Å². The molecule has 4 rings (SSSR count). The van der Waals surface area contributed by atoms with Crippen LogP contribution in [0.2, 0.25) is 0 Å². The highest BCUT2D eigenvalue weighted by Gasteiger charge is 2.36. The third-order valence-corrected chi connectivity index (χ3v) is 6.99. The molecule has 23 heavy (non-hydrogen) atoms. The largest absolute Gasteiger partial charge is 0.0613 e. The molecule has 0 aliphatic heterocycles. The van der Waals surface area contributed by atoms with E-state index in [4.69, 9.17) is 0 Å². The second-order valence-corrected chi connectivity index (χ2v) is 8.08. The number of fused-ring (bicyclic) bond motifs is 3. The first-order chi connectivity index (χ1) is 11.1. The Morgan fingerprint density at radius 2 is 1.83 bits per heavy atom. The lowest BCUT2D eigenvalue weighted by Gasteiger charge is -2.42. The zero-order valence-corrected chi connectivity index (χ0v) is 15.2. The molecule has 0 heterocycles. The standard InChI is InChI=1S/C23H30/c1-5-17-10-11-19-13-20-12-18-8-6-7-9-21(18)15(3)23(20)16(4)22(19)14(17)2/h10-11,13,15,18,21H,5-9,12H2,1-4H3/t15?,18-,21+/m1/s1. The van der Waals surface area contributed by atoms with Crippen LogP contribution in [0, 0.1) is 25.7 Å². The van der Waals surface area contributed by atoms with Crippen molar-refractivity contribution in [3.63, 3.8) is 0 Å². The number of hydrogen-bond acceptors (Lipinski definition) is 0. The summed E-state index contributed by atoms with van der Waals surface area (Å²) in [6.07, 6.45) is 8.28. The Morgan fingerprint density at radius 3 is 2.61 bits per heavy atom. The second kappa shape index (κ2) is 5.65. The quantitative estimate of drug-likeness (QED) is 0.565.